The molecule has 23 heavy (non-hydrogen) atoms. The van der Waals surface area contributed by atoms with E-state index in [0.717, 1.165) is 0 Å². The van der Waals surface area contributed by atoms with E-state index in [9.17, 15) is 9.18 Å². The number of hydrogen-bond acceptors (Lipinski definition) is 5. The summed E-state index contributed by atoms with van der Waals surface area (Å²) in [5.41, 5.74) is 0.443. The van der Waals surface area contributed by atoms with Crippen LogP contribution in [0.1, 0.15) is 17.9 Å². The van der Waals surface area contributed by atoms with Crippen molar-refractivity contribution < 1.29 is 18.1 Å². The van der Waals surface area contributed by atoms with Crippen LogP contribution in [0, 0.1) is 5.82 Å². The molecule has 0 saturated carbocycles. The minimum absolute atomic E-state index is 0.146. The van der Waals surface area contributed by atoms with Crippen LogP contribution >= 0.6 is 0 Å². The van der Waals surface area contributed by atoms with Gasteiger partial charge in [-0.15, -0.1) is 0 Å². The average molecular weight is 315 g/mol. The number of furan rings is 1. The first-order valence-corrected chi connectivity index (χ1v) is 7.09. The van der Waals surface area contributed by atoms with Crippen molar-refractivity contribution in [2.45, 2.75) is 19.4 Å². The Balaban J connectivity index is 1.49. The van der Waals surface area contributed by atoms with Crippen LogP contribution in [0.4, 0.5) is 4.39 Å². The first kappa shape index (κ1) is 15.0. The van der Waals surface area contributed by atoms with Crippen molar-refractivity contribution in [2.24, 2.45) is 0 Å². The normalized spacial score (nSPS) is 10.7. The van der Waals surface area contributed by atoms with Gasteiger partial charge in [0.05, 0.1) is 6.26 Å². The zero-order valence-electron chi connectivity index (χ0n) is 12.2. The highest BCUT2D eigenvalue weighted by Crippen LogP contribution is 2.16. The molecule has 0 bridgehead atoms. The number of carbonyl (C=O) groups is 1. The molecule has 2 heterocycles. The number of nitrogens with one attached hydrogen (secondary N) is 1. The van der Waals surface area contributed by atoms with E-state index < -0.39 is 0 Å². The van der Waals surface area contributed by atoms with Crippen molar-refractivity contribution in [1.82, 2.24) is 15.5 Å². The van der Waals surface area contributed by atoms with E-state index >= 15 is 0 Å². The highest BCUT2D eigenvalue weighted by atomic mass is 19.1. The summed E-state index contributed by atoms with van der Waals surface area (Å²) in [6.45, 7) is 0.146. The summed E-state index contributed by atoms with van der Waals surface area (Å²) in [6.07, 6.45) is 1.99. The Labute approximate surface area is 131 Å². The minimum Gasteiger partial charge on any atom is -0.461 e. The van der Waals surface area contributed by atoms with E-state index in [4.69, 9.17) is 8.94 Å². The van der Waals surface area contributed by atoms with Gasteiger partial charge in [0.2, 0.25) is 17.6 Å². The lowest BCUT2D eigenvalue weighted by Crippen LogP contribution is -2.23. The van der Waals surface area contributed by atoms with Crippen molar-refractivity contribution in [3.63, 3.8) is 0 Å². The van der Waals surface area contributed by atoms with Crippen LogP contribution in [0.15, 0.2) is 51.6 Å². The Kier molecular flexibility index (Phi) is 4.46. The molecule has 0 unspecified atom stereocenters. The predicted molar refractivity (Wildman–Crippen MR) is 78.6 cm³/mol. The van der Waals surface area contributed by atoms with E-state index in [1.807, 2.05) is 0 Å². The average Bonchev–Trinajstić information content (AvgIpc) is 3.23. The molecule has 118 valence electrons. The van der Waals surface area contributed by atoms with E-state index in [-0.39, 0.29) is 24.7 Å². The maximum atomic E-state index is 13.4. The molecule has 1 N–H and O–H groups in total. The molecule has 0 aliphatic carbocycles. The second-order valence-electron chi connectivity index (χ2n) is 4.86. The van der Waals surface area contributed by atoms with Gasteiger partial charge in [-0.2, -0.15) is 4.98 Å². The molecule has 0 aliphatic rings. The standard InChI is InChI=1S/C16H14FN3O3/c17-12-5-2-1-4-11(12)10-18-14(21)7-8-15-19-16(20-23-15)13-6-3-9-22-13/h1-6,9H,7-8,10H2,(H,18,21). The lowest BCUT2D eigenvalue weighted by molar-refractivity contribution is -0.121. The van der Waals surface area contributed by atoms with Gasteiger partial charge in [0.15, 0.2) is 5.76 Å². The molecule has 0 saturated heterocycles. The molecule has 0 aliphatic heterocycles. The van der Waals surface area contributed by atoms with E-state index in [1.165, 1.54) is 12.3 Å². The highest BCUT2D eigenvalue weighted by molar-refractivity contribution is 5.76. The van der Waals surface area contributed by atoms with Crippen molar-refractivity contribution >= 4 is 5.91 Å². The zero-order valence-corrected chi connectivity index (χ0v) is 12.2. The monoisotopic (exact) mass is 315 g/mol. The molecule has 3 aromatic rings. The lowest BCUT2D eigenvalue weighted by Gasteiger charge is -2.05. The van der Waals surface area contributed by atoms with Crippen LogP contribution in [0.2, 0.25) is 0 Å². The Hall–Kier alpha value is -2.96. The molecule has 6 nitrogen and oxygen atoms in total. The van der Waals surface area contributed by atoms with Gasteiger partial charge >= 0.3 is 0 Å². The molecule has 0 radical (unpaired) electrons. The first-order valence-electron chi connectivity index (χ1n) is 7.09. The van der Waals surface area contributed by atoms with Crippen molar-refractivity contribution in [3.8, 4) is 11.6 Å². The molecule has 0 atom stereocenters. The summed E-state index contributed by atoms with van der Waals surface area (Å²) in [6, 6.07) is 9.75. The SMILES string of the molecule is O=C(CCc1nc(-c2ccco2)no1)NCc1ccccc1F. The van der Waals surface area contributed by atoms with Gasteiger partial charge in [-0.25, -0.2) is 4.39 Å². The molecule has 0 fully saturated rings. The van der Waals surface area contributed by atoms with Gasteiger partial charge in [-0.3, -0.25) is 4.79 Å². The smallest absolute Gasteiger partial charge is 0.238 e. The fraction of sp³-hybridized carbons (Fsp3) is 0.188. The summed E-state index contributed by atoms with van der Waals surface area (Å²) in [7, 11) is 0. The molecule has 7 heteroatoms. The number of amides is 1. The zero-order chi connectivity index (χ0) is 16.1. The Morgan fingerprint density at radius 2 is 2.09 bits per heavy atom. The fourth-order valence-electron chi connectivity index (χ4n) is 2.01. The van der Waals surface area contributed by atoms with Gasteiger partial charge in [0.1, 0.15) is 5.82 Å². The van der Waals surface area contributed by atoms with E-state index in [0.29, 0.717) is 29.5 Å². The lowest BCUT2D eigenvalue weighted by atomic mass is 10.2. The van der Waals surface area contributed by atoms with Crippen LogP contribution in [-0.4, -0.2) is 16.0 Å². The number of hydrogen-bond donors (Lipinski definition) is 1. The maximum absolute atomic E-state index is 13.4. The largest absolute Gasteiger partial charge is 0.461 e. The summed E-state index contributed by atoms with van der Waals surface area (Å²) in [5, 5.41) is 6.44. The molecule has 0 spiro atoms. The number of halogens is 1. The van der Waals surface area contributed by atoms with Gasteiger partial charge in [0, 0.05) is 24.9 Å². The molecular formula is C16H14FN3O3. The van der Waals surface area contributed by atoms with Crippen LogP contribution in [0.5, 0.6) is 0 Å². The molecule has 2 aromatic heterocycles. The second-order valence-corrected chi connectivity index (χ2v) is 4.86. The molecule has 1 amide bonds. The number of rotatable bonds is 6. The van der Waals surface area contributed by atoms with E-state index in [2.05, 4.69) is 15.5 Å². The Morgan fingerprint density at radius 1 is 1.22 bits per heavy atom. The number of benzene rings is 1. The van der Waals surface area contributed by atoms with Crippen LogP contribution in [0.3, 0.4) is 0 Å². The van der Waals surface area contributed by atoms with Crippen LogP contribution in [0.25, 0.3) is 11.6 Å². The highest BCUT2D eigenvalue weighted by Gasteiger charge is 2.12. The van der Waals surface area contributed by atoms with Gasteiger partial charge in [-0.1, -0.05) is 23.4 Å². The van der Waals surface area contributed by atoms with E-state index in [1.54, 1.807) is 30.3 Å². The maximum Gasteiger partial charge on any atom is 0.238 e. The number of carbonyl (C=O) groups excluding carboxylic acids is 1. The van der Waals surface area contributed by atoms with Crippen molar-refractivity contribution in [2.75, 3.05) is 0 Å². The summed E-state index contributed by atoms with van der Waals surface area (Å²) >= 11 is 0. The van der Waals surface area contributed by atoms with Crippen LogP contribution in [-0.2, 0) is 17.8 Å². The van der Waals surface area contributed by atoms with Gasteiger partial charge in [-0.05, 0) is 18.2 Å². The van der Waals surface area contributed by atoms with Gasteiger partial charge in [0.25, 0.3) is 0 Å². The summed E-state index contributed by atoms with van der Waals surface area (Å²) in [4.78, 5) is 15.9. The van der Waals surface area contributed by atoms with Crippen LogP contribution < -0.4 is 5.32 Å². The number of aryl methyl sites for hydroxylation is 1. The fourth-order valence-corrected chi connectivity index (χ4v) is 2.01. The number of nitrogens with zero attached hydrogens (tertiary/aromatic N) is 2. The first-order chi connectivity index (χ1) is 11.2. The third-order valence-electron chi connectivity index (χ3n) is 3.21. The molecular weight excluding hydrogens is 301 g/mol. The Morgan fingerprint density at radius 3 is 2.87 bits per heavy atom. The Bertz CT molecular complexity index is 783. The van der Waals surface area contributed by atoms with Crippen molar-refractivity contribution in [1.29, 1.82) is 0 Å². The third kappa shape index (κ3) is 3.82. The quantitative estimate of drug-likeness (QED) is 0.756. The predicted octanol–water partition coefficient (Wildman–Crippen LogP) is 2.72. The topological polar surface area (TPSA) is 81.2 Å². The third-order valence-corrected chi connectivity index (χ3v) is 3.21. The van der Waals surface area contributed by atoms with Gasteiger partial charge < -0.3 is 14.3 Å². The number of aromatic nitrogens is 2. The summed E-state index contributed by atoms with van der Waals surface area (Å²) in [5.74, 6) is 0.636. The second kappa shape index (κ2) is 6.87. The molecule has 1 aromatic carbocycles. The van der Waals surface area contributed by atoms with Crippen molar-refractivity contribution in [3.05, 3.63) is 59.9 Å². The molecule has 3 rings (SSSR count). The summed E-state index contributed by atoms with van der Waals surface area (Å²) < 4.78 is 23.7. The minimum atomic E-state index is -0.340.